The molecule has 2 N–H and O–H groups in total. The molecule has 4 rings (SSSR count). The van der Waals surface area contributed by atoms with Gasteiger partial charge in [0.1, 0.15) is 41.8 Å². The van der Waals surface area contributed by atoms with Gasteiger partial charge in [0.05, 0.1) is 24.7 Å². The van der Waals surface area contributed by atoms with Gasteiger partial charge in [-0.15, -0.1) is 0 Å². The van der Waals surface area contributed by atoms with Crippen molar-refractivity contribution in [3.8, 4) is 23.0 Å². The minimum atomic E-state index is -0.586. The van der Waals surface area contributed by atoms with Crippen molar-refractivity contribution in [3.05, 3.63) is 117 Å². The van der Waals surface area contributed by atoms with Crippen LogP contribution in [-0.4, -0.2) is 30.7 Å². The normalized spacial score (nSPS) is 10.1. The second kappa shape index (κ2) is 14.8. The Morgan fingerprint density at radius 3 is 1.52 bits per heavy atom. The molecule has 218 valence electrons. The molecular weight excluding hydrogens is 540 g/mol. The molecule has 4 aromatic carbocycles. The summed E-state index contributed by atoms with van der Waals surface area (Å²) in [5, 5.41) is 11.0. The number of hydrogen-bond donors (Lipinski definition) is 1. The number of anilines is 1. The van der Waals surface area contributed by atoms with E-state index in [-0.39, 0.29) is 29.4 Å². The van der Waals surface area contributed by atoms with Gasteiger partial charge in [0, 0.05) is 11.8 Å². The standard InChI is InChI=1S/C16H15NO5.C16H17NO3/c1-11(18)16-14(17(19)20)4-3-5-15(16)22-10-12-6-8-13(21-2)9-7-12;1-11(18)16-14(17)4-3-5-15(16)20-10-12-6-8-13(19-2)9-7-12/h3-9H,10H2,1-2H3;3-9H,10,17H2,1-2H3. The molecule has 0 fully saturated rings. The lowest BCUT2D eigenvalue weighted by Gasteiger charge is -2.12. The van der Waals surface area contributed by atoms with Crippen molar-refractivity contribution in [2.24, 2.45) is 0 Å². The number of ketones is 2. The van der Waals surface area contributed by atoms with E-state index in [0.29, 0.717) is 23.6 Å². The van der Waals surface area contributed by atoms with Crippen molar-refractivity contribution < 1.29 is 33.5 Å². The van der Waals surface area contributed by atoms with Gasteiger partial charge in [-0.25, -0.2) is 0 Å². The van der Waals surface area contributed by atoms with Crippen molar-refractivity contribution in [2.45, 2.75) is 27.1 Å². The number of methoxy groups -OCH3 is 2. The first-order chi connectivity index (χ1) is 20.1. The molecule has 0 saturated heterocycles. The Kier molecular flexibility index (Phi) is 11.0. The highest BCUT2D eigenvalue weighted by molar-refractivity contribution is 6.02. The van der Waals surface area contributed by atoms with Gasteiger partial charge in [0.2, 0.25) is 0 Å². The molecule has 4 aromatic rings. The van der Waals surface area contributed by atoms with Crippen LogP contribution in [0.15, 0.2) is 84.9 Å². The molecule has 0 saturated carbocycles. The van der Waals surface area contributed by atoms with Gasteiger partial charge < -0.3 is 24.7 Å². The molecule has 0 aliphatic carbocycles. The van der Waals surface area contributed by atoms with Crippen molar-refractivity contribution >= 4 is 22.9 Å². The van der Waals surface area contributed by atoms with Crippen molar-refractivity contribution in [3.63, 3.8) is 0 Å². The van der Waals surface area contributed by atoms with Gasteiger partial charge in [0.15, 0.2) is 11.6 Å². The highest BCUT2D eigenvalue weighted by Crippen LogP contribution is 2.30. The summed E-state index contributed by atoms with van der Waals surface area (Å²) < 4.78 is 21.4. The van der Waals surface area contributed by atoms with E-state index in [1.54, 1.807) is 50.6 Å². The molecule has 0 heterocycles. The van der Waals surface area contributed by atoms with Crippen LogP contribution < -0.4 is 24.7 Å². The molecule has 0 radical (unpaired) electrons. The lowest BCUT2D eigenvalue weighted by molar-refractivity contribution is -0.385. The monoisotopic (exact) mass is 572 g/mol. The van der Waals surface area contributed by atoms with Crippen LogP contribution in [0.3, 0.4) is 0 Å². The molecule has 0 aliphatic rings. The van der Waals surface area contributed by atoms with Crippen molar-refractivity contribution in [2.75, 3.05) is 20.0 Å². The van der Waals surface area contributed by atoms with E-state index >= 15 is 0 Å². The Hall–Kier alpha value is -5.38. The average molecular weight is 573 g/mol. The molecule has 0 aromatic heterocycles. The van der Waals surface area contributed by atoms with Crippen LogP contribution in [0, 0.1) is 10.1 Å². The topological polar surface area (TPSA) is 140 Å². The number of carbonyl (C=O) groups is 2. The smallest absolute Gasteiger partial charge is 0.283 e. The maximum atomic E-state index is 11.7. The summed E-state index contributed by atoms with van der Waals surface area (Å²) in [6, 6.07) is 24.3. The second-order valence-corrected chi connectivity index (χ2v) is 9.01. The number of nitrogens with two attached hydrogens (primary N) is 1. The SMILES string of the molecule is COc1ccc(COc2cccc(N)c2C(C)=O)cc1.COc1ccc(COc2cccc([N+](=O)[O-])c2C(C)=O)cc1. The van der Waals surface area contributed by atoms with E-state index < -0.39 is 10.7 Å². The Morgan fingerprint density at radius 2 is 1.12 bits per heavy atom. The number of carbonyl (C=O) groups excluding carboxylic acids is 2. The minimum absolute atomic E-state index is 0.0130. The number of benzene rings is 4. The van der Waals surface area contributed by atoms with Gasteiger partial charge in [-0.05, 0) is 67.4 Å². The Bertz CT molecular complexity index is 1530. The average Bonchev–Trinajstić information content (AvgIpc) is 2.99. The lowest BCUT2D eigenvalue weighted by atomic mass is 10.1. The van der Waals surface area contributed by atoms with E-state index in [2.05, 4.69) is 0 Å². The van der Waals surface area contributed by atoms with Crippen LogP contribution in [0.4, 0.5) is 11.4 Å². The number of nitro groups is 1. The summed E-state index contributed by atoms with van der Waals surface area (Å²) in [6.45, 7) is 3.33. The third kappa shape index (κ3) is 8.31. The Labute approximate surface area is 243 Å². The third-order valence-electron chi connectivity index (χ3n) is 6.07. The quantitative estimate of drug-likeness (QED) is 0.0929. The number of hydrogen-bond acceptors (Lipinski definition) is 9. The maximum absolute atomic E-state index is 11.7. The van der Waals surface area contributed by atoms with Crippen LogP contribution in [0.1, 0.15) is 45.7 Å². The molecule has 0 bridgehead atoms. The highest BCUT2D eigenvalue weighted by Gasteiger charge is 2.22. The van der Waals surface area contributed by atoms with Crippen LogP contribution in [0.25, 0.3) is 0 Å². The summed E-state index contributed by atoms with van der Waals surface area (Å²) in [5.41, 5.74) is 8.27. The number of nitrogens with zero attached hydrogens (tertiary/aromatic N) is 1. The predicted octanol–water partition coefficient (Wildman–Crippen LogP) is 6.44. The number of nitro benzene ring substituents is 1. The first kappa shape index (κ1) is 31.2. The lowest BCUT2D eigenvalue weighted by Crippen LogP contribution is -2.05. The van der Waals surface area contributed by atoms with E-state index in [4.69, 9.17) is 24.7 Å². The van der Waals surface area contributed by atoms with Crippen molar-refractivity contribution in [1.29, 1.82) is 0 Å². The minimum Gasteiger partial charge on any atom is -0.497 e. The summed E-state index contributed by atoms with van der Waals surface area (Å²) in [6.07, 6.45) is 0. The molecule has 42 heavy (non-hydrogen) atoms. The highest BCUT2D eigenvalue weighted by atomic mass is 16.6. The third-order valence-corrected chi connectivity index (χ3v) is 6.07. The summed E-state index contributed by atoms with van der Waals surface area (Å²) in [7, 11) is 3.20. The number of ether oxygens (including phenoxy) is 4. The van der Waals surface area contributed by atoms with Crippen LogP contribution in [-0.2, 0) is 13.2 Å². The van der Waals surface area contributed by atoms with Gasteiger partial charge in [-0.2, -0.15) is 0 Å². The fourth-order valence-electron chi connectivity index (χ4n) is 3.96. The molecular formula is C32H32N2O8. The molecule has 0 aliphatic heterocycles. The summed E-state index contributed by atoms with van der Waals surface area (Å²) in [4.78, 5) is 33.7. The van der Waals surface area contributed by atoms with Crippen molar-refractivity contribution in [1.82, 2.24) is 0 Å². The van der Waals surface area contributed by atoms with Crippen LogP contribution in [0.2, 0.25) is 0 Å². The molecule has 10 nitrogen and oxygen atoms in total. The molecule has 0 spiro atoms. The number of nitrogen functional groups attached to an aromatic ring is 1. The predicted molar refractivity (Wildman–Crippen MR) is 159 cm³/mol. The van der Waals surface area contributed by atoms with Gasteiger partial charge in [0.25, 0.3) is 5.69 Å². The zero-order valence-electron chi connectivity index (χ0n) is 23.8. The van der Waals surface area contributed by atoms with E-state index in [9.17, 15) is 19.7 Å². The number of Topliss-reactive ketones (excluding diaryl/α,β-unsaturated/α-hetero) is 2. The maximum Gasteiger partial charge on any atom is 0.283 e. The molecule has 0 amide bonds. The Morgan fingerprint density at radius 1 is 0.690 bits per heavy atom. The summed E-state index contributed by atoms with van der Waals surface area (Å²) >= 11 is 0. The zero-order chi connectivity index (χ0) is 30.6. The molecule has 0 unspecified atom stereocenters. The zero-order valence-corrected chi connectivity index (χ0v) is 23.8. The van der Waals surface area contributed by atoms with Crippen LogP contribution >= 0.6 is 0 Å². The van der Waals surface area contributed by atoms with E-state index in [1.807, 2.05) is 36.4 Å². The fourth-order valence-corrected chi connectivity index (χ4v) is 3.96. The largest absolute Gasteiger partial charge is 0.497 e. The fraction of sp³-hybridized carbons (Fsp3) is 0.188. The second-order valence-electron chi connectivity index (χ2n) is 9.01. The van der Waals surface area contributed by atoms with Gasteiger partial charge >= 0.3 is 0 Å². The van der Waals surface area contributed by atoms with Gasteiger partial charge in [-0.3, -0.25) is 19.7 Å². The van der Waals surface area contributed by atoms with Crippen LogP contribution in [0.5, 0.6) is 23.0 Å². The molecule has 10 heteroatoms. The number of rotatable bonds is 11. The van der Waals surface area contributed by atoms with E-state index in [1.165, 1.54) is 26.0 Å². The van der Waals surface area contributed by atoms with E-state index in [0.717, 1.165) is 22.6 Å². The first-order valence-electron chi connectivity index (χ1n) is 12.8. The first-order valence-corrected chi connectivity index (χ1v) is 12.8. The Balaban J connectivity index is 0.000000231. The molecule has 0 atom stereocenters. The summed E-state index contributed by atoms with van der Waals surface area (Å²) in [5.74, 6) is 1.72. The van der Waals surface area contributed by atoms with Gasteiger partial charge in [-0.1, -0.05) is 36.4 Å².